The molecule has 100 valence electrons. The van der Waals surface area contributed by atoms with Crippen molar-refractivity contribution in [1.29, 1.82) is 0 Å². The predicted molar refractivity (Wildman–Crippen MR) is 66.8 cm³/mol. The lowest BCUT2D eigenvalue weighted by Gasteiger charge is -2.39. The van der Waals surface area contributed by atoms with Gasteiger partial charge in [-0.2, -0.15) is 0 Å². The lowest BCUT2D eigenvalue weighted by atomic mass is 9.70. The quantitative estimate of drug-likeness (QED) is 0.694. The predicted octanol–water partition coefficient (Wildman–Crippen LogP) is 2.84. The molecule has 0 aliphatic heterocycles. The van der Waals surface area contributed by atoms with Gasteiger partial charge >= 0.3 is 0 Å². The van der Waals surface area contributed by atoms with Gasteiger partial charge in [0.2, 0.25) is 0 Å². The molecule has 3 nitrogen and oxygen atoms in total. The first kappa shape index (κ1) is 13.3. The van der Waals surface area contributed by atoms with Gasteiger partial charge in [0.1, 0.15) is 0 Å². The zero-order valence-corrected chi connectivity index (χ0v) is 11.8. The van der Waals surface area contributed by atoms with E-state index in [1.807, 2.05) is 0 Å². The monoisotopic (exact) mass is 242 g/mol. The molecule has 0 spiro atoms. The second kappa shape index (κ2) is 4.52. The van der Waals surface area contributed by atoms with E-state index in [4.69, 9.17) is 14.2 Å². The van der Waals surface area contributed by atoms with Crippen LogP contribution in [0.15, 0.2) is 0 Å². The summed E-state index contributed by atoms with van der Waals surface area (Å²) >= 11 is 0. The third-order valence-corrected chi connectivity index (χ3v) is 5.67. The number of methoxy groups -OCH3 is 2. The van der Waals surface area contributed by atoms with Gasteiger partial charge in [-0.05, 0) is 36.0 Å². The zero-order chi connectivity index (χ0) is 12.7. The molecule has 2 saturated carbocycles. The van der Waals surface area contributed by atoms with Crippen LogP contribution < -0.4 is 0 Å². The minimum absolute atomic E-state index is 0.235. The van der Waals surface area contributed by atoms with Crippen LogP contribution in [-0.2, 0) is 14.2 Å². The molecular formula is C14H26O3. The van der Waals surface area contributed by atoms with E-state index >= 15 is 0 Å². The van der Waals surface area contributed by atoms with Crippen molar-refractivity contribution in [2.45, 2.75) is 52.4 Å². The highest BCUT2D eigenvalue weighted by molar-refractivity contribution is 5.11. The maximum atomic E-state index is 6.07. The van der Waals surface area contributed by atoms with Crippen molar-refractivity contribution >= 4 is 0 Å². The SMILES string of the molecule is COC(COC1CC2CCC1(C)C2(C)C)OC. The third kappa shape index (κ3) is 1.92. The van der Waals surface area contributed by atoms with Crippen molar-refractivity contribution in [3.8, 4) is 0 Å². The lowest BCUT2D eigenvalue weighted by molar-refractivity contribution is -0.166. The van der Waals surface area contributed by atoms with Gasteiger partial charge in [0.25, 0.3) is 0 Å². The molecule has 2 aliphatic rings. The maximum Gasteiger partial charge on any atom is 0.180 e. The molecule has 0 saturated heterocycles. The summed E-state index contributed by atoms with van der Waals surface area (Å²) in [6.45, 7) is 7.73. The Kier molecular flexibility index (Phi) is 3.54. The summed E-state index contributed by atoms with van der Waals surface area (Å²) in [4.78, 5) is 0. The Hall–Kier alpha value is -0.120. The van der Waals surface area contributed by atoms with Crippen LogP contribution in [-0.4, -0.2) is 33.2 Å². The zero-order valence-electron chi connectivity index (χ0n) is 11.8. The van der Waals surface area contributed by atoms with Crippen LogP contribution in [0.2, 0.25) is 0 Å². The van der Waals surface area contributed by atoms with E-state index in [2.05, 4.69) is 20.8 Å². The molecule has 2 fully saturated rings. The molecule has 0 amide bonds. The molecule has 17 heavy (non-hydrogen) atoms. The Balaban J connectivity index is 1.96. The van der Waals surface area contributed by atoms with Gasteiger partial charge in [0.05, 0.1) is 12.7 Å². The average molecular weight is 242 g/mol. The van der Waals surface area contributed by atoms with Gasteiger partial charge in [0, 0.05) is 14.2 Å². The maximum absolute atomic E-state index is 6.07. The van der Waals surface area contributed by atoms with E-state index in [0.29, 0.717) is 23.5 Å². The fourth-order valence-corrected chi connectivity index (χ4v) is 3.81. The van der Waals surface area contributed by atoms with Gasteiger partial charge in [-0.15, -0.1) is 0 Å². The summed E-state index contributed by atoms with van der Waals surface area (Å²) < 4.78 is 16.4. The third-order valence-electron chi connectivity index (χ3n) is 5.67. The largest absolute Gasteiger partial charge is 0.372 e. The molecule has 2 bridgehead atoms. The van der Waals surface area contributed by atoms with Crippen molar-refractivity contribution in [3.05, 3.63) is 0 Å². The van der Waals surface area contributed by atoms with Crippen molar-refractivity contribution in [2.24, 2.45) is 16.7 Å². The van der Waals surface area contributed by atoms with Crippen molar-refractivity contribution < 1.29 is 14.2 Å². The highest BCUT2D eigenvalue weighted by Gasteiger charge is 2.61. The van der Waals surface area contributed by atoms with E-state index in [1.165, 1.54) is 19.3 Å². The minimum atomic E-state index is -0.235. The normalized spacial score (nSPS) is 39.2. The van der Waals surface area contributed by atoms with Gasteiger partial charge in [-0.1, -0.05) is 20.8 Å². The summed E-state index contributed by atoms with van der Waals surface area (Å²) in [7, 11) is 3.31. The van der Waals surface area contributed by atoms with Crippen LogP contribution in [0.3, 0.4) is 0 Å². The highest BCUT2D eigenvalue weighted by atomic mass is 16.7. The molecule has 2 aliphatic carbocycles. The molecule has 3 unspecified atom stereocenters. The fourth-order valence-electron chi connectivity index (χ4n) is 3.81. The highest BCUT2D eigenvalue weighted by Crippen LogP contribution is 2.66. The minimum Gasteiger partial charge on any atom is -0.372 e. The van der Waals surface area contributed by atoms with Crippen LogP contribution >= 0.6 is 0 Å². The number of fused-ring (bicyclic) bond motifs is 2. The van der Waals surface area contributed by atoms with Crippen LogP contribution in [0.5, 0.6) is 0 Å². The smallest absolute Gasteiger partial charge is 0.180 e. The van der Waals surface area contributed by atoms with Crippen LogP contribution in [0.1, 0.15) is 40.0 Å². The fraction of sp³-hybridized carbons (Fsp3) is 1.00. The number of hydrogen-bond donors (Lipinski definition) is 0. The molecule has 0 aromatic rings. The van der Waals surface area contributed by atoms with Crippen LogP contribution in [0.4, 0.5) is 0 Å². The number of hydrogen-bond acceptors (Lipinski definition) is 3. The Labute approximate surface area is 105 Å². The van der Waals surface area contributed by atoms with Gasteiger partial charge in [-0.25, -0.2) is 0 Å². The van der Waals surface area contributed by atoms with Crippen molar-refractivity contribution in [2.75, 3.05) is 20.8 Å². The molecule has 2 rings (SSSR count). The van der Waals surface area contributed by atoms with E-state index < -0.39 is 0 Å². The average Bonchev–Trinajstić information content (AvgIpc) is 2.63. The molecule has 0 N–H and O–H groups in total. The standard InChI is InChI=1S/C14H26O3/c1-13(2)10-6-7-14(13,3)11(8-10)17-9-12(15-4)16-5/h10-12H,6-9H2,1-5H3. The number of rotatable bonds is 5. The van der Waals surface area contributed by atoms with E-state index in [0.717, 1.165) is 5.92 Å². The Morgan fingerprint density at radius 1 is 1.18 bits per heavy atom. The summed E-state index contributed by atoms with van der Waals surface area (Å²) in [5.74, 6) is 0.820. The van der Waals surface area contributed by atoms with E-state index in [9.17, 15) is 0 Å². The topological polar surface area (TPSA) is 27.7 Å². The molecule has 3 heteroatoms. The number of ether oxygens (including phenoxy) is 3. The Morgan fingerprint density at radius 2 is 1.82 bits per heavy atom. The Bertz CT molecular complexity index is 273. The summed E-state index contributed by atoms with van der Waals surface area (Å²) in [6, 6.07) is 0. The Morgan fingerprint density at radius 3 is 2.24 bits per heavy atom. The van der Waals surface area contributed by atoms with E-state index in [-0.39, 0.29) is 6.29 Å². The second-order valence-electron chi connectivity index (χ2n) is 6.33. The summed E-state index contributed by atoms with van der Waals surface area (Å²) in [5, 5.41) is 0. The van der Waals surface area contributed by atoms with Gasteiger partial charge in [-0.3, -0.25) is 0 Å². The summed E-state index contributed by atoms with van der Waals surface area (Å²) in [6.07, 6.45) is 3.98. The van der Waals surface area contributed by atoms with Crippen LogP contribution in [0, 0.1) is 16.7 Å². The van der Waals surface area contributed by atoms with Crippen molar-refractivity contribution in [3.63, 3.8) is 0 Å². The first-order chi connectivity index (χ1) is 7.95. The first-order valence-corrected chi connectivity index (χ1v) is 6.63. The van der Waals surface area contributed by atoms with Crippen molar-refractivity contribution in [1.82, 2.24) is 0 Å². The molecule has 0 aromatic heterocycles. The molecular weight excluding hydrogens is 216 g/mol. The van der Waals surface area contributed by atoms with E-state index in [1.54, 1.807) is 14.2 Å². The first-order valence-electron chi connectivity index (χ1n) is 6.63. The molecule has 0 radical (unpaired) electrons. The van der Waals surface area contributed by atoms with Gasteiger partial charge < -0.3 is 14.2 Å². The molecule has 0 heterocycles. The van der Waals surface area contributed by atoms with Gasteiger partial charge in [0.15, 0.2) is 6.29 Å². The lowest BCUT2D eigenvalue weighted by Crippen LogP contribution is -2.38. The second-order valence-corrected chi connectivity index (χ2v) is 6.33. The summed E-state index contributed by atoms with van der Waals surface area (Å²) in [5.41, 5.74) is 0.733. The molecule has 3 atom stereocenters. The molecule has 0 aromatic carbocycles. The van der Waals surface area contributed by atoms with Crippen LogP contribution in [0.25, 0.3) is 0 Å².